The first kappa shape index (κ1) is 17.9. The van der Waals surface area contributed by atoms with Gasteiger partial charge in [0.15, 0.2) is 0 Å². The van der Waals surface area contributed by atoms with Crippen LogP contribution in [0.2, 0.25) is 5.02 Å². The van der Waals surface area contributed by atoms with Gasteiger partial charge in [-0.2, -0.15) is 0 Å². The maximum atomic E-state index is 12.3. The van der Waals surface area contributed by atoms with Crippen molar-refractivity contribution >= 4 is 29.3 Å². The summed E-state index contributed by atoms with van der Waals surface area (Å²) in [5, 5.41) is 3.37. The number of benzene rings is 2. The van der Waals surface area contributed by atoms with Crippen LogP contribution < -0.4 is 5.32 Å². The lowest BCUT2D eigenvalue weighted by Gasteiger charge is -2.09. The molecule has 1 amide bonds. The molecule has 0 radical (unpaired) electrons. The van der Waals surface area contributed by atoms with Gasteiger partial charge in [0.1, 0.15) is 0 Å². The first-order valence-corrected chi connectivity index (χ1v) is 9.01. The summed E-state index contributed by atoms with van der Waals surface area (Å²) in [6.07, 6.45) is 1.97. The van der Waals surface area contributed by atoms with Crippen LogP contribution in [0.15, 0.2) is 47.4 Å². The average molecular weight is 350 g/mol. The molecule has 0 aliphatic carbocycles. The van der Waals surface area contributed by atoms with Gasteiger partial charge >= 0.3 is 0 Å². The number of carbonyl (C=O) groups excluding carboxylic acids is 1. The Kier molecular flexibility index (Phi) is 6.96. The average Bonchev–Trinajstić information content (AvgIpc) is 2.59. The Balaban J connectivity index is 1.96. The van der Waals surface area contributed by atoms with Crippen LogP contribution in [0.3, 0.4) is 0 Å². The van der Waals surface area contributed by atoms with Gasteiger partial charge in [0.05, 0.1) is 17.2 Å². The number of hydrogen-bond acceptors (Lipinski definition) is 3. The van der Waals surface area contributed by atoms with Gasteiger partial charge in [0.2, 0.25) is 0 Å². The molecule has 0 saturated carbocycles. The highest BCUT2D eigenvalue weighted by Crippen LogP contribution is 2.23. The second kappa shape index (κ2) is 8.96. The zero-order chi connectivity index (χ0) is 16.7. The Morgan fingerprint density at radius 2 is 1.87 bits per heavy atom. The minimum Gasteiger partial charge on any atom is -0.377 e. The van der Waals surface area contributed by atoms with E-state index >= 15 is 0 Å². The molecule has 23 heavy (non-hydrogen) atoms. The third kappa shape index (κ3) is 5.27. The van der Waals surface area contributed by atoms with E-state index < -0.39 is 0 Å². The van der Waals surface area contributed by atoms with Crippen molar-refractivity contribution in [3.63, 3.8) is 0 Å². The highest BCUT2D eigenvalue weighted by atomic mass is 35.5. The van der Waals surface area contributed by atoms with Gasteiger partial charge in [-0.25, -0.2) is 0 Å². The van der Waals surface area contributed by atoms with Gasteiger partial charge in [-0.05, 0) is 42.5 Å². The predicted octanol–water partition coefficient (Wildman–Crippen LogP) is 4.53. The van der Waals surface area contributed by atoms with Crippen LogP contribution in [0.1, 0.15) is 28.4 Å². The summed E-state index contributed by atoms with van der Waals surface area (Å²) in [6, 6.07) is 13.5. The third-order valence-electron chi connectivity index (χ3n) is 3.37. The van der Waals surface area contributed by atoms with Crippen molar-refractivity contribution in [3.05, 3.63) is 64.2 Å². The van der Waals surface area contributed by atoms with Crippen molar-refractivity contribution in [2.45, 2.75) is 25.0 Å². The van der Waals surface area contributed by atoms with Crippen LogP contribution in [0, 0.1) is 0 Å². The number of rotatable bonds is 7. The molecule has 0 unspecified atom stereocenters. The minimum atomic E-state index is -0.163. The van der Waals surface area contributed by atoms with E-state index in [1.165, 1.54) is 0 Å². The SMILES string of the molecule is CCOCc1ccc(CNC(=O)c2cc(SC)ccc2Cl)cc1. The van der Waals surface area contributed by atoms with Crippen LogP contribution in [-0.4, -0.2) is 18.8 Å². The zero-order valence-corrected chi connectivity index (χ0v) is 14.8. The van der Waals surface area contributed by atoms with Crippen molar-refractivity contribution in [2.24, 2.45) is 0 Å². The molecule has 2 aromatic carbocycles. The first-order valence-electron chi connectivity index (χ1n) is 7.41. The van der Waals surface area contributed by atoms with E-state index in [4.69, 9.17) is 16.3 Å². The lowest BCUT2D eigenvalue weighted by atomic mass is 10.1. The van der Waals surface area contributed by atoms with Crippen LogP contribution >= 0.6 is 23.4 Å². The Labute approximate surface area is 146 Å². The minimum absolute atomic E-state index is 0.163. The number of amides is 1. The van der Waals surface area contributed by atoms with E-state index in [2.05, 4.69) is 5.32 Å². The molecule has 0 aliphatic rings. The van der Waals surface area contributed by atoms with Gasteiger partial charge in [0, 0.05) is 18.0 Å². The molecule has 0 fully saturated rings. The standard InChI is InChI=1S/C18H20ClNO2S/c1-3-22-12-14-6-4-13(5-7-14)11-20-18(21)16-10-15(23-2)8-9-17(16)19/h4-10H,3,11-12H2,1-2H3,(H,20,21). The normalized spacial score (nSPS) is 10.6. The van der Waals surface area contributed by atoms with E-state index in [-0.39, 0.29) is 5.91 Å². The molecule has 0 spiro atoms. The highest BCUT2D eigenvalue weighted by molar-refractivity contribution is 7.98. The summed E-state index contributed by atoms with van der Waals surface area (Å²) in [7, 11) is 0. The number of nitrogens with one attached hydrogen (secondary N) is 1. The molecule has 0 bridgehead atoms. The molecule has 0 aliphatic heterocycles. The zero-order valence-electron chi connectivity index (χ0n) is 13.3. The molecule has 122 valence electrons. The van der Waals surface area contributed by atoms with Gasteiger partial charge in [-0.1, -0.05) is 35.9 Å². The molecule has 2 rings (SSSR count). The number of carbonyl (C=O) groups is 1. The molecule has 0 heterocycles. The fraction of sp³-hybridized carbons (Fsp3) is 0.278. The summed E-state index contributed by atoms with van der Waals surface area (Å²) >= 11 is 7.70. The molecule has 0 saturated heterocycles. The second-order valence-corrected chi connectivity index (χ2v) is 6.27. The Bertz CT molecular complexity index is 659. The molecule has 5 heteroatoms. The van der Waals surface area contributed by atoms with Gasteiger partial charge in [0.25, 0.3) is 5.91 Å². The molecule has 2 aromatic rings. The number of ether oxygens (including phenoxy) is 1. The maximum Gasteiger partial charge on any atom is 0.253 e. The molecule has 0 aromatic heterocycles. The van der Waals surface area contributed by atoms with Crippen LogP contribution in [0.5, 0.6) is 0 Å². The molecular weight excluding hydrogens is 330 g/mol. The van der Waals surface area contributed by atoms with E-state index in [0.717, 1.165) is 16.0 Å². The Morgan fingerprint density at radius 1 is 1.17 bits per heavy atom. The largest absolute Gasteiger partial charge is 0.377 e. The second-order valence-electron chi connectivity index (χ2n) is 4.98. The lowest BCUT2D eigenvalue weighted by Crippen LogP contribution is -2.23. The quantitative estimate of drug-likeness (QED) is 0.746. The Hall–Kier alpha value is -1.49. The Morgan fingerprint density at radius 3 is 2.52 bits per heavy atom. The van der Waals surface area contributed by atoms with Crippen molar-refractivity contribution in [1.82, 2.24) is 5.32 Å². The van der Waals surface area contributed by atoms with Crippen molar-refractivity contribution in [1.29, 1.82) is 0 Å². The van der Waals surface area contributed by atoms with E-state index in [0.29, 0.717) is 30.3 Å². The fourth-order valence-corrected chi connectivity index (χ4v) is 2.70. The van der Waals surface area contributed by atoms with Crippen LogP contribution in [0.25, 0.3) is 0 Å². The first-order chi connectivity index (χ1) is 11.1. The lowest BCUT2D eigenvalue weighted by molar-refractivity contribution is 0.0951. The van der Waals surface area contributed by atoms with E-state index in [1.807, 2.05) is 49.6 Å². The number of thioether (sulfide) groups is 1. The molecule has 3 nitrogen and oxygen atoms in total. The van der Waals surface area contributed by atoms with Crippen molar-refractivity contribution in [2.75, 3.05) is 12.9 Å². The molecular formula is C18H20ClNO2S. The van der Waals surface area contributed by atoms with Crippen LogP contribution in [0.4, 0.5) is 0 Å². The smallest absolute Gasteiger partial charge is 0.253 e. The third-order valence-corrected chi connectivity index (χ3v) is 4.42. The monoisotopic (exact) mass is 349 g/mol. The summed E-state index contributed by atoms with van der Waals surface area (Å²) in [6.45, 7) is 3.75. The molecule has 1 N–H and O–H groups in total. The van der Waals surface area contributed by atoms with E-state index in [9.17, 15) is 4.79 Å². The summed E-state index contributed by atoms with van der Waals surface area (Å²) in [5.74, 6) is -0.163. The van der Waals surface area contributed by atoms with E-state index in [1.54, 1.807) is 17.8 Å². The highest BCUT2D eigenvalue weighted by Gasteiger charge is 2.11. The topological polar surface area (TPSA) is 38.3 Å². The van der Waals surface area contributed by atoms with Crippen molar-refractivity contribution in [3.8, 4) is 0 Å². The number of halogens is 1. The van der Waals surface area contributed by atoms with Crippen molar-refractivity contribution < 1.29 is 9.53 Å². The summed E-state index contributed by atoms with van der Waals surface area (Å²) in [5.41, 5.74) is 2.67. The predicted molar refractivity (Wildman–Crippen MR) is 96.2 cm³/mol. The summed E-state index contributed by atoms with van der Waals surface area (Å²) < 4.78 is 5.36. The fourth-order valence-electron chi connectivity index (χ4n) is 2.06. The van der Waals surface area contributed by atoms with Gasteiger partial charge in [-0.3, -0.25) is 4.79 Å². The van der Waals surface area contributed by atoms with Gasteiger partial charge in [-0.15, -0.1) is 11.8 Å². The van der Waals surface area contributed by atoms with Gasteiger partial charge < -0.3 is 10.1 Å². The number of hydrogen-bond donors (Lipinski definition) is 1. The maximum absolute atomic E-state index is 12.3. The molecule has 0 atom stereocenters. The van der Waals surface area contributed by atoms with Crippen LogP contribution in [-0.2, 0) is 17.9 Å². The summed E-state index contributed by atoms with van der Waals surface area (Å²) in [4.78, 5) is 13.3.